The van der Waals surface area contributed by atoms with Gasteiger partial charge >= 0.3 is 0 Å². The maximum absolute atomic E-state index is 12.5. The predicted octanol–water partition coefficient (Wildman–Crippen LogP) is 3.50. The molecule has 2 heteroatoms. The first kappa shape index (κ1) is 12.9. The lowest BCUT2D eigenvalue weighted by Crippen LogP contribution is -2.30. The van der Waals surface area contributed by atoms with E-state index in [1.165, 1.54) is 0 Å². The zero-order valence-electron chi connectivity index (χ0n) is 11.5. The van der Waals surface area contributed by atoms with Gasteiger partial charge in [-0.1, -0.05) is 60.7 Å². The number of carbonyl (C=O) groups is 1. The third-order valence-corrected chi connectivity index (χ3v) is 3.84. The highest BCUT2D eigenvalue weighted by Gasteiger charge is 2.36. The van der Waals surface area contributed by atoms with E-state index in [1.807, 2.05) is 48.5 Å². The van der Waals surface area contributed by atoms with E-state index in [1.54, 1.807) is 0 Å². The van der Waals surface area contributed by atoms with E-state index >= 15 is 0 Å². The quantitative estimate of drug-likeness (QED) is 0.881. The molecule has 1 N–H and O–H groups in total. The number of carbonyl (C=O) groups excluding carboxylic acids is 1. The van der Waals surface area contributed by atoms with Crippen molar-refractivity contribution in [2.45, 2.75) is 25.3 Å². The van der Waals surface area contributed by atoms with Crippen molar-refractivity contribution >= 4 is 5.91 Å². The summed E-state index contributed by atoms with van der Waals surface area (Å²) in [6, 6.07) is 20.2. The van der Waals surface area contributed by atoms with Crippen LogP contribution in [0.1, 0.15) is 29.9 Å². The molecule has 0 bridgehead atoms. The Bertz CT molecular complexity index is 560. The highest BCUT2D eigenvalue weighted by Crippen LogP contribution is 2.42. The maximum Gasteiger partial charge on any atom is 0.228 e. The van der Waals surface area contributed by atoms with Crippen molar-refractivity contribution in [3.63, 3.8) is 0 Å². The number of amides is 1. The summed E-state index contributed by atoms with van der Waals surface area (Å²) in [5.41, 5.74) is 2.28. The summed E-state index contributed by atoms with van der Waals surface area (Å²) in [4.78, 5) is 12.5. The topological polar surface area (TPSA) is 29.1 Å². The second kappa shape index (κ2) is 5.91. The fraction of sp³-hybridized carbons (Fsp3) is 0.278. The molecule has 0 heterocycles. The molecule has 3 rings (SSSR count). The van der Waals surface area contributed by atoms with Gasteiger partial charge in [0.05, 0.1) is 5.92 Å². The molecular formula is C18H19NO. The van der Waals surface area contributed by atoms with Crippen LogP contribution in [0.3, 0.4) is 0 Å². The van der Waals surface area contributed by atoms with Crippen LogP contribution in [0.4, 0.5) is 0 Å². The predicted molar refractivity (Wildman–Crippen MR) is 80.2 cm³/mol. The van der Waals surface area contributed by atoms with E-state index in [9.17, 15) is 4.79 Å². The van der Waals surface area contributed by atoms with E-state index in [2.05, 4.69) is 17.4 Å². The summed E-state index contributed by atoms with van der Waals surface area (Å²) >= 11 is 0. The molecule has 0 saturated heterocycles. The molecule has 20 heavy (non-hydrogen) atoms. The smallest absolute Gasteiger partial charge is 0.228 e. The monoisotopic (exact) mass is 265 g/mol. The molecule has 1 atom stereocenters. The van der Waals surface area contributed by atoms with Crippen LogP contribution in [-0.4, -0.2) is 5.91 Å². The fourth-order valence-electron chi connectivity index (χ4n) is 2.62. The highest BCUT2D eigenvalue weighted by molar-refractivity contribution is 5.84. The molecule has 102 valence electrons. The Morgan fingerprint density at radius 1 is 1.00 bits per heavy atom. The van der Waals surface area contributed by atoms with Gasteiger partial charge in [-0.15, -0.1) is 0 Å². The van der Waals surface area contributed by atoms with Gasteiger partial charge in [-0.05, 0) is 29.9 Å². The van der Waals surface area contributed by atoms with E-state index in [0.29, 0.717) is 12.5 Å². The Balaban J connectivity index is 1.68. The average molecular weight is 265 g/mol. The molecule has 2 nitrogen and oxygen atoms in total. The normalized spacial score (nSPS) is 15.6. The Morgan fingerprint density at radius 2 is 1.60 bits per heavy atom. The Hall–Kier alpha value is -2.09. The van der Waals surface area contributed by atoms with Crippen LogP contribution in [0.15, 0.2) is 60.7 Å². The zero-order chi connectivity index (χ0) is 13.8. The summed E-state index contributed by atoms with van der Waals surface area (Å²) in [6.07, 6.45) is 2.33. The third kappa shape index (κ3) is 3.08. The van der Waals surface area contributed by atoms with Crippen LogP contribution in [0.25, 0.3) is 0 Å². The van der Waals surface area contributed by atoms with Gasteiger partial charge in [0, 0.05) is 6.54 Å². The fourth-order valence-corrected chi connectivity index (χ4v) is 2.62. The first-order chi connectivity index (χ1) is 9.84. The Morgan fingerprint density at radius 3 is 2.20 bits per heavy atom. The van der Waals surface area contributed by atoms with Gasteiger partial charge in [-0.3, -0.25) is 4.79 Å². The van der Waals surface area contributed by atoms with E-state index in [4.69, 9.17) is 0 Å². The summed E-state index contributed by atoms with van der Waals surface area (Å²) in [5, 5.41) is 3.08. The summed E-state index contributed by atoms with van der Waals surface area (Å²) in [7, 11) is 0. The molecule has 1 aliphatic carbocycles. The van der Waals surface area contributed by atoms with E-state index in [0.717, 1.165) is 24.0 Å². The summed E-state index contributed by atoms with van der Waals surface area (Å²) in [6.45, 7) is 0.607. The van der Waals surface area contributed by atoms with Crippen LogP contribution >= 0.6 is 0 Å². The second-order valence-corrected chi connectivity index (χ2v) is 5.43. The maximum atomic E-state index is 12.5. The average Bonchev–Trinajstić information content (AvgIpc) is 3.32. The molecule has 0 radical (unpaired) electrons. The number of rotatable bonds is 5. The van der Waals surface area contributed by atoms with E-state index in [-0.39, 0.29) is 11.8 Å². The first-order valence-corrected chi connectivity index (χ1v) is 7.21. The lowest BCUT2D eigenvalue weighted by molar-refractivity contribution is -0.123. The van der Waals surface area contributed by atoms with Crippen LogP contribution in [0, 0.1) is 5.92 Å². The van der Waals surface area contributed by atoms with Crippen molar-refractivity contribution in [1.82, 2.24) is 5.32 Å². The number of benzene rings is 2. The van der Waals surface area contributed by atoms with Gasteiger partial charge < -0.3 is 5.32 Å². The van der Waals surface area contributed by atoms with Crippen molar-refractivity contribution in [3.05, 3.63) is 71.8 Å². The van der Waals surface area contributed by atoms with Crippen molar-refractivity contribution < 1.29 is 4.79 Å². The molecule has 2 aromatic rings. The third-order valence-electron chi connectivity index (χ3n) is 3.84. The molecule has 1 fully saturated rings. The van der Waals surface area contributed by atoms with Gasteiger partial charge in [-0.25, -0.2) is 0 Å². The van der Waals surface area contributed by atoms with Crippen molar-refractivity contribution in [1.29, 1.82) is 0 Å². The second-order valence-electron chi connectivity index (χ2n) is 5.43. The molecule has 1 unspecified atom stereocenters. The van der Waals surface area contributed by atoms with Crippen LogP contribution < -0.4 is 5.32 Å². The minimum absolute atomic E-state index is 0.0138. The number of hydrogen-bond acceptors (Lipinski definition) is 1. The number of hydrogen-bond donors (Lipinski definition) is 1. The van der Waals surface area contributed by atoms with Crippen molar-refractivity contribution in [3.8, 4) is 0 Å². The van der Waals surface area contributed by atoms with Crippen molar-refractivity contribution in [2.24, 2.45) is 5.92 Å². The van der Waals surface area contributed by atoms with Crippen molar-refractivity contribution in [2.75, 3.05) is 0 Å². The van der Waals surface area contributed by atoms with Gasteiger partial charge in [0.25, 0.3) is 0 Å². The van der Waals surface area contributed by atoms with Gasteiger partial charge in [0.2, 0.25) is 5.91 Å². The van der Waals surface area contributed by atoms with Crippen LogP contribution in [0.5, 0.6) is 0 Å². The zero-order valence-corrected chi connectivity index (χ0v) is 11.5. The molecule has 0 aliphatic heterocycles. The van der Waals surface area contributed by atoms with E-state index < -0.39 is 0 Å². The largest absolute Gasteiger partial charge is 0.351 e. The minimum Gasteiger partial charge on any atom is -0.351 e. The lowest BCUT2D eigenvalue weighted by atomic mass is 9.93. The van der Waals surface area contributed by atoms with Crippen LogP contribution in [0.2, 0.25) is 0 Å². The molecule has 1 saturated carbocycles. The standard InChI is InChI=1S/C18H19NO/c20-18(19-13-14-7-3-1-4-8-14)17(16-11-12-16)15-9-5-2-6-10-15/h1-10,16-17H,11-13H2,(H,19,20). The molecular weight excluding hydrogens is 246 g/mol. The lowest BCUT2D eigenvalue weighted by Gasteiger charge is -2.16. The molecule has 1 aliphatic rings. The molecule has 2 aromatic carbocycles. The molecule has 0 aromatic heterocycles. The van der Waals surface area contributed by atoms with Gasteiger partial charge in [0.15, 0.2) is 0 Å². The molecule has 0 spiro atoms. The summed E-state index contributed by atoms with van der Waals surface area (Å²) in [5.74, 6) is 0.690. The minimum atomic E-state index is 0.0138. The highest BCUT2D eigenvalue weighted by atomic mass is 16.1. The van der Waals surface area contributed by atoms with Gasteiger partial charge in [0.1, 0.15) is 0 Å². The first-order valence-electron chi connectivity index (χ1n) is 7.21. The van der Waals surface area contributed by atoms with Gasteiger partial charge in [-0.2, -0.15) is 0 Å². The summed E-state index contributed by atoms with van der Waals surface area (Å²) < 4.78 is 0. The number of nitrogens with one attached hydrogen (secondary N) is 1. The Labute approximate surface area is 119 Å². The Kier molecular flexibility index (Phi) is 3.82. The molecule has 1 amide bonds. The van der Waals surface area contributed by atoms with Crippen LogP contribution in [-0.2, 0) is 11.3 Å². The SMILES string of the molecule is O=C(NCc1ccccc1)C(c1ccccc1)C1CC1.